The molecule has 0 radical (unpaired) electrons. The molecule has 0 bridgehead atoms. The van der Waals surface area contributed by atoms with Gasteiger partial charge in [0.1, 0.15) is 18.3 Å². The number of rotatable bonds is 6. The number of furan rings is 1. The van der Waals surface area contributed by atoms with Crippen LogP contribution in [0.4, 0.5) is 27.6 Å². The molecule has 1 atom stereocenters. The highest BCUT2D eigenvalue weighted by Crippen LogP contribution is 2.39. The summed E-state index contributed by atoms with van der Waals surface area (Å²) in [5.41, 5.74) is -2.14. The lowest BCUT2D eigenvalue weighted by molar-refractivity contribution is -0.152. The third kappa shape index (κ3) is 8.64. The zero-order valence-corrected chi connectivity index (χ0v) is 24.3. The molecule has 1 aliphatic heterocycles. The highest BCUT2D eigenvalue weighted by atomic mass is 19.4. The van der Waals surface area contributed by atoms with Crippen molar-refractivity contribution >= 4 is 18.4 Å². The Bertz CT molecular complexity index is 1110. The fourth-order valence-electron chi connectivity index (χ4n) is 4.53. The standard InChI is InChI=1S/C24H27F5N2O3.2C2H6.CH2O/c1-4-23(10-5-6-11-31(23)3)20(32)16(13-15-8-7-9-17(25)19(15)26)22(33)30-18-12-14(2)34-21(18)24(27,28)29;3*1-2/h7-9,12,32H,4-6,10-11,13H2,1-3H3,(H,30,33);2*1-2H3;1H2/b20-16-;;;. The first kappa shape index (κ1) is 36.8. The summed E-state index contributed by atoms with van der Waals surface area (Å²) in [4.78, 5) is 23.2. The second-order valence-electron chi connectivity index (χ2n) is 8.53. The summed E-state index contributed by atoms with van der Waals surface area (Å²) < 4.78 is 73.1. The van der Waals surface area contributed by atoms with E-state index < -0.39 is 47.1 Å². The van der Waals surface area contributed by atoms with Gasteiger partial charge in [-0.2, -0.15) is 13.2 Å². The number of carbonyl (C=O) groups is 2. The molecule has 2 aromatic rings. The van der Waals surface area contributed by atoms with Crippen LogP contribution in [0.1, 0.15) is 77.4 Å². The number of piperidine rings is 1. The minimum Gasteiger partial charge on any atom is -0.510 e. The molecule has 1 aromatic carbocycles. The van der Waals surface area contributed by atoms with E-state index in [-0.39, 0.29) is 22.7 Å². The van der Waals surface area contributed by atoms with Crippen LogP contribution < -0.4 is 5.32 Å². The first-order chi connectivity index (χ1) is 18.9. The van der Waals surface area contributed by atoms with E-state index >= 15 is 0 Å². The maximum Gasteiger partial charge on any atom is 0.451 e. The second-order valence-corrected chi connectivity index (χ2v) is 8.53. The van der Waals surface area contributed by atoms with Crippen molar-refractivity contribution in [3.63, 3.8) is 0 Å². The molecule has 1 amide bonds. The fourth-order valence-corrected chi connectivity index (χ4v) is 4.53. The molecule has 40 heavy (non-hydrogen) atoms. The smallest absolute Gasteiger partial charge is 0.451 e. The van der Waals surface area contributed by atoms with Crippen molar-refractivity contribution in [1.82, 2.24) is 4.90 Å². The zero-order chi connectivity index (χ0) is 31.3. The van der Waals surface area contributed by atoms with E-state index in [1.807, 2.05) is 46.3 Å². The van der Waals surface area contributed by atoms with E-state index in [0.717, 1.165) is 25.0 Å². The third-order valence-corrected chi connectivity index (χ3v) is 6.41. The van der Waals surface area contributed by atoms with Gasteiger partial charge >= 0.3 is 6.18 Å². The highest BCUT2D eigenvalue weighted by Gasteiger charge is 2.43. The SMILES string of the molecule is C=O.CC.CC.CCC1(/C(O)=C(\Cc2cccc(F)c2F)C(=O)Nc2cc(C)oc2C(F)(F)F)CCCCN1C. The number of anilines is 1. The first-order valence-electron chi connectivity index (χ1n) is 13.2. The number of alkyl halides is 3. The van der Waals surface area contributed by atoms with Crippen LogP contribution in [0.2, 0.25) is 0 Å². The molecule has 1 unspecified atom stereocenters. The first-order valence-corrected chi connectivity index (χ1v) is 13.2. The predicted molar refractivity (Wildman–Crippen MR) is 146 cm³/mol. The average molecular weight is 577 g/mol. The van der Waals surface area contributed by atoms with E-state index in [2.05, 4.69) is 5.32 Å². The molecule has 2 N–H and O–H groups in total. The average Bonchev–Trinajstić information content (AvgIpc) is 3.33. The van der Waals surface area contributed by atoms with Crippen molar-refractivity contribution in [2.45, 2.75) is 85.4 Å². The van der Waals surface area contributed by atoms with Crippen molar-refractivity contribution in [3.05, 3.63) is 64.3 Å². The number of amides is 1. The summed E-state index contributed by atoms with van der Waals surface area (Å²) in [5, 5.41) is 13.5. The van der Waals surface area contributed by atoms with Gasteiger partial charge in [0, 0.05) is 12.5 Å². The van der Waals surface area contributed by atoms with Crippen LogP contribution in [-0.2, 0) is 22.2 Å². The summed E-state index contributed by atoms with van der Waals surface area (Å²) in [6.45, 7) is 13.7. The van der Waals surface area contributed by atoms with Crippen molar-refractivity contribution < 1.29 is 41.1 Å². The summed E-state index contributed by atoms with van der Waals surface area (Å²) in [6.07, 6.45) is -2.87. The Labute approximate surface area is 233 Å². The van der Waals surface area contributed by atoms with Gasteiger partial charge in [-0.25, -0.2) is 8.78 Å². The van der Waals surface area contributed by atoms with Crippen molar-refractivity contribution in [2.24, 2.45) is 0 Å². The van der Waals surface area contributed by atoms with E-state index in [4.69, 9.17) is 9.21 Å². The molecule has 226 valence electrons. The van der Waals surface area contributed by atoms with Crippen molar-refractivity contribution in [1.29, 1.82) is 0 Å². The van der Waals surface area contributed by atoms with E-state index in [0.29, 0.717) is 19.4 Å². The van der Waals surface area contributed by atoms with E-state index in [9.17, 15) is 31.9 Å². The number of aliphatic hydroxyl groups excluding tert-OH is 1. The maximum absolute atomic E-state index is 14.5. The van der Waals surface area contributed by atoms with Gasteiger partial charge in [0.05, 0.1) is 16.8 Å². The lowest BCUT2D eigenvalue weighted by Crippen LogP contribution is -2.51. The molecule has 11 heteroatoms. The quantitative estimate of drug-likeness (QED) is 0.207. The topological polar surface area (TPSA) is 82.8 Å². The summed E-state index contributed by atoms with van der Waals surface area (Å²) in [5.74, 6) is -5.23. The molecule has 1 fully saturated rings. The van der Waals surface area contributed by atoms with Crippen LogP contribution in [0, 0.1) is 18.6 Å². The molecule has 1 aromatic heterocycles. The molecule has 0 spiro atoms. The number of halogens is 5. The lowest BCUT2D eigenvalue weighted by Gasteiger charge is -2.45. The van der Waals surface area contributed by atoms with Crippen molar-refractivity contribution in [2.75, 3.05) is 18.9 Å². The largest absolute Gasteiger partial charge is 0.510 e. The maximum atomic E-state index is 14.5. The predicted octanol–water partition coefficient (Wildman–Crippen LogP) is 8.01. The van der Waals surface area contributed by atoms with Gasteiger partial charge < -0.3 is 19.6 Å². The number of likely N-dealkylation sites (N-methyl/N-ethyl adjacent to an activating group) is 1. The molecular formula is C29H41F5N2O4. The highest BCUT2D eigenvalue weighted by molar-refractivity contribution is 6.05. The van der Waals surface area contributed by atoms with Crippen LogP contribution in [0.15, 0.2) is 40.0 Å². The van der Waals surface area contributed by atoms with Gasteiger partial charge in [-0.15, -0.1) is 0 Å². The van der Waals surface area contributed by atoms with Crippen LogP contribution in [-0.4, -0.2) is 41.8 Å². The third-order valence-electron chi connectivity index (χ3n) is 6.41. The Morgan fingerprint density at radius 3 is 2.27 bits per heavy atom. The number of hydrogen-bond donors (Lipinski definition) is 2. The van der Waals surface area contributed by atoms with Gasteiger partial charge in [-0.3, -0.25) is 9.69 Å². The number of nitrogens with zero attached hydrogens (tertiary/aromatic N) is 1. The summed E-state index contributed by atoms with van der Waals surface area (Å²) in [7, 11) is 1.78. The number of benzene rings is 1. The molecule has 2 heterocycles. The fraction of sp³-hybridized carbons (Fsp3) is 0.517. The summed E-state index contributed by atoms with van der Waals surface area (Å²) >= 11 is 0. The molecular weight excluding hydrogens is 535 g/mol. The Balaban J connectivity index is 0.00000237. The van der Waals surface area contributed by atoms with Crippen LogP contribution in [0.5, 0.6) is 0 Å². The molecule has 0 aliphatic carbocycles. The van der Waals surface area contributed by atoms with Gasteiger partial charge in [0.15, 0.2) is 11.6 Å². The number of nitrogens with one attached hydrogen (secondary N) is 1. The summed E-state index contributed by atoms with van der Waals surface area (Å²) in [6, 6.07) is 4.43. The van der Waals surface area contributed by atoms with E-state index in [1.54, 1.807) is 7.05 Å². The van der Waals surface area contributed by atoms with Crippen LogP contribution in [0.25, 0.3) is 0 Å². The molecule has 6 nitrogen and oxygen atoms in total. The number of aliphatic hydroxyl groups is 1. The number of hydrogen-bond acceptors (Lipinski definition) is 5. The molecule has 1 saturated heterocycles. The minimum atomic E-state index is -4.87. The normalized spacial score (nSPS) is 17.6. The lowest BCUT2D eigenvalue weighted by atomic mass is 9.80. The van der Waals surface area contributed by atoms with Gasteiger partial charge in [-0.05, 0) is 57.8 Å². The van der Waals surface area contributed by atoms with Gasteiger partial charge in [-0.1, -0.05) is 46.8 Å². The molecule has 0 saturated carbocycles. The Morgan fingerprint density at radius 2 is 1.75 bits per heavy atom. The van der Waals surface area contributed by atoms with Gasteiger partial charge in [0.25, 0.3) is 5.91 Å². The molecule has 3 rings (SSSR count). The molecule has 1 aliphatic rings. The monoisotopic (exact) mass is 576 g/mol. The number of carbonyl (C=O) groups excluding carboxylic acids is 2. The van der Waals surface area contributed by atoms with Crippen LogP contribution in [0.3, 0.4) is 0 Å². The second kappa shape index (κ2) is 16.8. The Morgan fingerprint density at radius 1 is 1.15 bits per heavy atom. The number of aryl methyl sites for hydroxylation is 1. The van der Waals surface area contributed by atoms with E-state index in [1.165, 1.54) is 19.1 Å². The van der Waals surface area contributed by atoms with Gasteiger partial charge in [0.2, 0.25) is 5.76 Å². The Kier molecular flexibility index (Phi) is 15.4. The van der Waals surface area contributed by atoms with Crippen LogP contribution >= 0.6 is 0 Å². The minimum absolute atomic E-state index is 0.0782. The van der Waals surface area contributed by atoms with Crippen molar-refractivity contribution in [3.8, 4) is 0 Å². The number of likely N-dealkylation sites (tertiary alicyclic amines) is 1. The zero-order valence-electron chi connectivity index (χ0n) is 24.3. The Hall–Kier alpha value is -3.21.